The number of hydrogen-bond acceptors (Lipinski definition) is 3. The first-order valence-electron chi connectivity index (χ1n) is 7.26. The quantitative estimate of drug-likeness (QED) is 0.807. The second-order valence-electron chi connectivity index (χ2n) is 5.83. The molecule has 1 atom stereocenters. The number of aliphatic carboxylic acids is 1. The number of nitrogens with zero attached hydrogens (tertiary/aromatic N) is 2. The molecule has 0 saturated carbocycles. The molecule has 5 aliphatic rings. The first-order valence-corrected chi connectivity index (χ1v) is 7.26. The molecule has 0 aromatic rings. The van der Waals surface area contributed by atoms with Crippen molar-refractivity contribution in [1.82, 2.24) is 4.90 Å². The van der Waals surface area contributed by atoms with Gasteiger partial charge in [0.2, 0.25) is 0 Å². The molecule has 3 heterocycles. The molecule has 0 aromatic carbocycles. The summed E-state index contributed by atoms with van der Waals surface area (Å²) in [5.74, 6) is -0.875. The monoisotopic (exact) mass is 288 g/mol. The van der Waals surface area contributed by atoms with Gasteiger partial charge in [0.15, 0.2) is 0 Å². The van der Waals surface area contributed by atoms with Gasteiger partial charge in [0, 0.05) is 18.0 Å². The van der Waals surface area contributed by atoms with Gasteiger partial charge in [-0.15, -0.1) is 0 Å². The number of carboxylic acid groups (broad SMARTS) is 1. The Hall–Kier alpha value is -2.88. The van der Waals surface area contributed by atoms with E-state index < -0.39 is 5.97 Å². The minimum atomic E-state index is -0.875. The number of carbonyl (C=O) groups is 1. The van der Waals surface area contributed by atoms with Crippen LogP contribution >= 0.6 is 0 Å². The van der Waals surface area contributed by atoms with Gasteiger partial charge in [0.1, 0.15) is 0 Å². The molecule has 0 fully saturated rings. The highest BCUT2D eigenvalue weighted by Crippen LogP contribution is 2.45. The highest BCUT2D eigenvalue weighted by atomic mass is 16.4. The summed E-state index contributed by atoms with van der Waals surface area (Å²) < 4.78 is 0. The van der Waals surface area contributed by atoms with Crippen molar-refractivity contribution < 1.29 is 9.90 Å². The third-order valence-corrected chi connectivity index (χ3v) is 4.62. The first kappa shape index (κ1) is 11.7. The van der Waals surface area contributed by atoms with Crippen LogP contribution in [-0.2, 0) is 4.79 Å². The van der Waals surface area contributed by atoms with Gasteiger partial charge < -0.3 is 10.0 Å². The lowest BCUT2D eigenvalue weighted by Crippen LogP contribution is -2.32. The van der Waals surface area contributed by atoms with Crippen LogP contribution in [0, 0.1) is 0 Å². The normalized spacial score (nSPS) is 26.6. The van der Waals surface area contributed by atoms with E-state index >= 15 is 0 Å². The zero-order chi connectivity index (χ0) is 14.8. The van der Waals surface area contributed by atoms with Crippen molar-refractivity contribution in [3.63, 3.8) is 0 Å². The van der Waals surface area contributed by atoms with Crippen LogP contribution in [0.25, 0.3) is 0 Å². The number of hydrogen-bond donors (Lipinski definition) is 1. The molecule has 0 amide bonds. The fraction of sp³-hybridized carbons (Fsp3) is 0.111. The average molecular weight is 288 g/mol. The second-order valence-corrected chi connectivity index (χ2v) is 5.83. The van der Waals surface area contributed by atoms with Gasteiger partial charge in [0.25, 0.3) is 0 Å². The number of fused-ring (bicyclic) bond motifs is 6. The molecule has 0 radical (unpaired) electrons. The predicted molar refractivity (Wildman–Crippen MR) is 83.0 cm³/mol. The second kappa shape index (κ2) is 3.85. The molecule has 2 aliphatic carbocycles. The lowest BCUT2D eigenvalue weighted by molar-refractivity contribution is -0.132. The topological polar surface area (TPSA) is 52.9 Å². The summed E-state index contributed by atoms with van der Waals surface area (Å²) >= 11 is 0. The minimum Gasteiger partial charge on any atom is -0.478 e. The maximum absolute atomic E-state index is 11.2. The Balaban J connectivity index is 1.68. The fourth-order valence-corrected chi connectivity index (χ4v) is 3.68. The van der Waals surface area contributed by atoms with Crippen LogP contribution in [0.15, 0.2) is 87.4 Å². The molecule has 0 bridgehead atoms. The van der Waals surface area contributed by atoms with Gasteiger partial charge in [-0.3, -0.25) is 0 Å². The van der Waals surface area contributed by atoms with Gasteiger partial charge in [-0.2, -0.15) is 0 Å². The molecule has 3 aliphatic heterocycles. The summed E-state index contributed by atoms with van der Waals surface area (Å²) in [6.45, 7) is 0. The Morgan fingerprint density at radius 1 is 1.36 bits per heavy atom. The summed E-state index contributed by atoms with van der Waals surface area (Å²) in [6.07, 6.45) is 16.7. The standard InChI is InChI=1S/C18H12N2O2/c21-18(22)10-7-11-9-20-6-5-15-16(17(20)13(11)8-10)12-3-1-2-4-14(12)19-15/h1-2,4-9,17H,3H2,(H,21,22). The largest absolute Gasteiger partial charge is 0.478 e. The molecule has 0 spiro atoms. The Morgan fingerprint density at radius 3 is 3.14 bits per heavy atom. The lowest BCUT2D eigenvalue weighted by atomic mass is 9.87. The summed E-state index contributed by atoms with van der Waals surface area (Å²) in [5, 5.41) is 9.22. The predicted octanol–water partition coefficient (Wildman–Crippen LogP) is 2.63. The highest BCUT2D eigenvalue weighted by molar-refractivity contribution is 6.15. The maximum Gasteiger partial charge on any atom is 0.335 e. The van der Waals surface area contributed by atoms with Crippen LogP contribution in [0.1, 0.15) is 6.42 Å². The molecule has 4 nitrogen and oxygen atoms in total. The SMILES string of the molecule is O=C(O)C1=CC2=CN3C=CC4=NC5=CC=CCC5=C4C3C2=C1. The first-order chi connectivity index (χ1) is 10.7. The van der Waals surface area contributed by atoms with Gasteiger partial charge in [-0.1, -0.05) is 12.2 Å². The van der Waals surface area contributed by atoms with Crippen LogP contribution < -0.4 is 0 Å². The van der Waals surface area contributed by atoms with E-state index in [1.54, 1.807) is 12.2 Å². The molecule has 1 unspecified atom stereocenters. The van der Waals surface area contributed by atoms with E-state index in [2.05, 4.69) is 11.0 Å². The van der Waals surface area contributed by atoms with Gasteiger partial charge in [-0.25, -0.2) is 9.79 Å². The number of rotatable bonds is 1. The molecular weight excluding hydrogens is 276 g/mol. The Kier molecular flexibility index (Phi) is 2.06. The van der Waals surface area contributed by atoms with Crippen molar-refractivity contribution in [2.45, 2.75) is 12.5 Å². The van der Waals surface area contributed by atoms with Crippen LogP contribution in [0.4, 0.5) is 0 Å². The molecular formula is C18H12N2O2. The number of allylic oxidation sites excluding steroid dienone is 6. The Bertz CT molecular complexity index is 888. The summed E-state index contributed by atoms with van der Waals surface area (Å²) in [5.41, 5.74) is 6.93. The van der Waals surface area contributed by atoms with Gasteiger partial charge >= 0.3 is 5.97 Å². The van der Waals surface area contributed by atoms with Crippen molar-refractivity contribution in [3.05, 3.63) is 82.4 Å². The van der Waals surface area contributed by atoms with E-state index in [1.165, 1.54) is 11.1 Å². The highest BCUT2D eigenvalue weighted by Gasteiger charge is 2.41. The average Bonchev–Trinajstić information content (AvgIpc) is 3.15. The van der Waals surface area contributed by atoms with E-state index in [-0.39, 0.29) is 6.04 Å². The molecule has 5 rings (SSSR count). The van der Waals surface area contributed by atoms with Crippen LogP contribution in [0.5, 0.6) is 0 Å². The molecule has 4 heteroatoms. The third-order valence-electron chi connectivity index (χ3n) is 4.62. The smallest absolute Gasteiger partial charge is 0.335 e. The molecule has 0 aromatic heterocycles. The fourth-order valence-electron chi connectivity index (χ4n) is 3.68. The molecule has 22 heavy (non-hydrogen) atoms. The maximum atomic E-state index is 11.2. The van der Waals surface area contributed by atoms with E-state index in [0.717, 1.165) is 29.0 Å². The van der Waals surface area contributed by atoms with E-state index in [9.17, 15) is 9.90 Å². The Labute approximate surface area is 127 Å². The summed E-state index contributed by atoms with van der Waals surface area (Å²) in [7, 11) is 0. The van der Waals surface area contributed by atoms with Crippen LogP contribution in [0.3, 0.4) is 0 Å². The van der Waals surface area contributed by atoms with Crippen molar-refractivity contribution in [2.24, 2.45) is 4.99 Å². The van der Waals surface area contributed by atoms with Crippen molar-refractivity contribution in [3.8, 4) is 0 Å². The number of carboxylic acids is 1. The number of aliphatic imine (C=N–C) groups is 1. The van der Waals surface area contributed by atoms with Crippen LogP contribution in [-0.4, -0.2) is 27.7 Å². The minimum absolute atomic E-state index is 0.0549. The van der Waals surface area contributed by atoms with E-state index in [0.29, 0.717) is 5.57 Å². The van der Waals surface area contributed by atoms with E-state index in [1.807, 2.05) is 30.6 Å². The third kappa shape index (κ3) is 1.36. The van der Waals surface area contributed by atoms with Crippen molar-refractivity contribution in [2.75, 3.05) is 0 Å². The molecule has 0 saturated heterocycles. The van der Waals surface area contributed by atoms with Crippen molar-refractivity contribution >= 4 is 11.7 Å². The summed E-state index contributed by atoms with van der Waals surface area (Å²) in [4.78, 5) is 18.1. The lowest BCUT2D eigenvalue weighted by Gasteiger charge is -2.29. The Morgan fingerprint density at radius 2 is 2.27 bits per heavy atom. The summed E-state index contributed by atoms with van der Waals surface area (Å²) in [6, 6.07) is 0.0549. The zero-order valence-corrected chi connectivity index (χ0v) is 11.7. The molecule has 1 N–H and O–H groups in total. The van der Waals surface area contributed by atoms with Gasteiger partial charge in [0.05, 0.1) is 23.0 Å². The van der Waals surface area contributed by atoms with Crippen LogP contribution in [0.2, 0.25) is 0 Å². The zero-order valence-electron chi connectivity index (χ0n) is 11.7. The van der Waals surface area contributed by atoms with E-state index in [4.69, 9.17) is 4.99 Å². The molecule has 106 valence electrons. The van der Waals surface area contributed by atoms with Gasteiger partial charge in [-0.05, 0) is 47.4 Å². The van der Waals surface area contributed by atoms with Crippen molar-refractivity contribution in [1.29, 1.82) is 0 Å².